The van der Waals surface area contributed by atoms with E-state index in [9.17, 15) is 0 Å². The van der Waals surface area contributed by atoms with E-state index in [2.05, 4.69) is 48.1 Å². The molecule has 0 fully saturated rings. The zero-order chi connectivity index (χ0) is 10.2. The molecule has 1 heteroatoms. The standard InChI is InChI=1S/C13H18Se/c1-3-4-8-13(11-14-2)12-9-6-5-7-10-12/h5-7,9-11H,3-4,8H2,1-2H3/b13-11+. The molecule has 0 unspecified atom stereocenters. The predicted molar refractivity (Wildman–Crippen MR) is 65.6 cm³/mol. The number of allylic oxidation sites excluding steroid dienone is 1. The summed E-state index contributed by atoms with van der Waals surface area (Å²) in [6.45, 7) is 2.25. The molecule has 0 heterocycles. The SMILES string of the molecule is CCCC/C(=C\[Se]C)c1ccccc1. The first-order valence-electron chi connectivity index (χ1n) is 5.15. The second-order valence-corrected chi connectivity index (χ2v) is 4.83. The molecule has 0 saturated carbocycles. The van der Waals surface area contributed by atoms with Crippen molar-refractivity contribution in [1.82, 2.24) is 0 Å². The van der Waals surface area contributed by atoms with Crippen LogP contribution in [0, 0.1) is 0 Å². The molecule has 0 radical (unpaired) electrons. The molecule has 0 atom stereocenters. The van der Waals surface area contributed by atoms with Crippen molar-refractivity contribution < 1.29 is 0 Å². The van der Waals surface area contributed by atoms with Crippen LogP contribution in [0.15, 0.2) is 35.3 Å². The molecular weight excluding hydrogens is 235 g/mol. The number of hydrogen-bond donors (Lipinski definition) is 0. The van der Waals surface area contributed by atoms with E-state index in [1.807, 2.05) is 0 Å². The Labute approximate surface area is 93.6 Å². The van der Waals surface area contributed by atoms with Gasteiger partial charge in [0, 0.05) is 0 Å². The van der Waals surface area contributed by atoms with Crippen LogP contribution in [0.1, 0.15) is 31.7 Å². The zero-order valence-corrected chi connectivity index (χ0v) is 10.7. The zero-order valence-electron chi connectivity index (χ0n) is 8.99. The molecule has 14 heavy (non-hydrogen) atoms. The Hall–Kier alpha value is -0.521. The molecule has 1 aromatic rings. The number of hydrogen-bond acceptors (Lipinski definition) is 0. The summed E-state index contributed by atoms with van der Waals surface area (Å²) in [4.78, 5) is 2.41. The summed E-state index contributed by atoms with van der Waals surface area (Å²) < 4.78 is 0. The summed E-state index contributed by atoms with van der Waals surface area (Å²) in [5.41, 5.74) is 2.94. The van der Waals surface area contributed by atoms with Gasteiger partial charge in [-0.05, 0) is 0 Å². The molecule has 0 saturated heterocycles. The van der Waals surface area contributed by atoms with E-state index in [-0.39, 0.29) is 0 Å². The van der Waals surface area contributed by atoms with Gasteiger partial charge >= 0.3 is 93.4 Å². The van der Waals surface area contributed by atoms with E-state index in [1.165, 1.54) is 30.4 Å². The van der Waals surface area contributed by atoms with Crippen LogP contribution < -0.4 is 0 Å². The molecule has 0 spiro atoms. The van der Waals surface area contributed by atoms with Gasteiger partial charge in [-0.1, -0.05) is 0 Å². The van der Waals surface area contributed by atoms with Crippen LogP contribution in [0.4, 0.5) is 0 Å². The third-order valence-electron chi connectivity index (χ3n) is 2.20. The summed E-state index contributed by atoms with van der Waals surface area (Å²) in [5.74, 6) is 2.27. The van der Waals surface area contributed by atoms with Gasteiger partial charge in [-0.2, -0.15) is 0 Å². The van der Waals surface area contributed by atoms with Gasteiger partial charge in [-0.25, -0.2) is 0 Å². The Morgan fingerprint density at radius 1 is 1.29 bits per heavy atom. The number of benzene rings is 1. The fourth-order valence-corrected chi connectivity index (χ4v) is 2.56. The molecule has 0 amide bonds. The quantitative estimate of drug-likeness (QED) is 0.696. The number of rotatable bonds is 5. The van der Waals surface area contributed by atoms with Crippen LogP contribution in [0.3, 0.4) is 0 Å². The Bertz CT molecular complexity index is 275. The molecule has 76 valence electrons. The molecule has 0 nitrogen and oxygen atoms in total. The second kappa shape index (κ2) is 6.86. The minimum absolute atomic E-state index is 0.638. The van der Waals surface area contributed by atoms with Gasteiger partial charge in [-0.15, -0.1) is 0 Å². The third kappa shape index (κ3) is 3.69. The molecule has 0 N–H and O–H groups in total. The third-order valence-corrected chi connectivity index (χ3v) is 3.30. The first-order chi connectivity index (χ1) is 6.88. The molecule has 0 aromatic heterocycles. The average molecular weight is 253 g/mol. The van der Waals surface area contributed by atoms with Crippen molar-refractivity contribution in [2.24, 2.45) is 0 Å². The van der Waals surface area contributed by atoms with Gasteiger partial charge in [0.1, 0.15) is 0 Å². The summed E-state index contributed by atoms with van der Waals surface area (Å²) in [6, 6.07) is 10.8. The van der Waals surface area contributed by atoms with E-state index < -0.39 is 0 Å². The van der Waals surface area contributed by atoms with Crippen LogP contribution >= 0.6 is 0 Å². The van der Waals surface area contributed by atoms with Gasteiger partial charge in [-0.3, -0.25) is 0 Å². The van der Waals surface area contributed by atoms with Crippen LogP contribution in [-0.2, 0) is 0 Å². The van der Waals surface area contributed by atoms with Crippen LogP contribution in [-0.4, -0.2) is 15.0 Å². The Balaban J connectivity index is 2.73. The van der Waals surface area contributed by atoms with Gasteiger partial charge in [0.2, 0.25) is 0 Å². The van der Waals surface area contributed by atoms with Crippen molar-refractivity contribution in [2.45, 2.75) is 32.0 Å². The van der Waals surface area contributed by atoms with Crippen molar-refractivity contribution in [2.75, 3.05) is 0 Å². The van der Waals surface area contributed by atoms with Crippen molar-refractivity contribution >= 4 is 20.5 Å². The van der Waals surface area contributed by atoms with E-state index in [0.717, 1.165) is 0 Å². The second-order valence-electron chi connectivity index (χ2n) is 3.35. The van der Waals surface area contributed by atoms with Crippen LogP contribution in [0.25, 0.3) is 5.57 Å². The van der Waals surface area contributed by atoms with Crippen molar-refractivity contribution in [1.29, 1.82) is 0 Å². The first-order valence-corrected chi connectivity index (χ1v) is 7.86. The van der Waals surface area contributed by atoms with Crippen molar-refractivity contribution in [3.8, 4) is 0 Å². The van der Waals surface area contributed by atoms with E-state index in [4.69, 9.17) is 0 Å². The first kappa shape index (κ1) is 11.6. The van der Waals surface area contributed by atoms with Crippen LogP contribution in [0.5, 0.6) is 0 Å². The summed E-state index contributed by atoms with van der Waals surface area (Å²) in [5, 5.41) is 0. The molecule has 0 aliphatic carbocycles. The Morgan fingerprint density at radius 3 is 2.57 bits per heavy atom. The van der Waals surface area contributed by atoms with E-state index in [1.54, 1.807) is 0 Å². The molecule has 0 aliphatic rings. The normalized spacial score (nSPS) is 11.7. The molecule has 1 aromatic carbocycles. The number of unbranched alkanes of at least 4 members (excludes halogenated alkanes) is 1. The summed E-state index contributed by atoms with van der Waals surface area (Å²) >= 11 is 0.638. The topological polar surface area (TPSA) is 0 Å². The van der Waals surface area contributed by atoms with E-state index in [0.29, 0.717) is 15.0 Å². The fourth-order valence-electron chi connectivity index (χ4n) is 1.43. The Kier molecular flexibility index (Phi) is 5.66. The predicted octanol–water partition coefficient (Wildman–Crippen LogP) is 3.97. The molecule has 1 rings (SSSR count). The summed E-state index contributed by atoms with van der Waals surface area (Å²) in [7, 11) is 0. The molecule has 0 bridgehead atoms. The molecular formula is C13H18Se. The van der Waals surface area contributed by atoms with Gasteiger partial charge in [0.25, 0.3) is 0 Å². The summed E-state index contributed by atoms with van der Waals surface area (Å²) in [6.07, 6.45) is 3.81. The van der Waals surface area contributed by atoms with Gasteiger partial charge in [0.15, 0.2) is 0 Å². The van der Waals surface area contributed by atoms with Gasteiger partial charge < -0.3 is 0 Å². The average Bonchev–Trinajstić information content (AvgIpc) is 2.25. The van der Waals surface area contributed by atoms with Crippen molar-refractivity contribution in [3.63, 3.8) is 0 Å². The van der Waals surface area contributed by atoms with Crippen LogP contribution in [0.2, 0.25) is 5.82 Å². The minimum atomic E-state index is 0.638. The molecule has 0 aliphatic heterocycles. The Morgan fingerprint density at radius 2 is 2.00 bits per heavy atom. The maximum absolute atomic E-state index is 2.41. The van der Waals surface area contributed by atoms with Crippen molar-refractivity contribution in [3.05, 3.63) is 40.9 Å². The maximum atomic E-state index is 2.41. The fraction of sp³-hybridized carbons (Fsp3) is 0.385. The van der Waals surface area contributed by atoms with E-state index >= 15 is 0 Å². The van der Waals surface area contributed by atoms with Gasteiger partial charge in [0.05, 0.1) is 0 Å². The monoisotopic (exact) mass is 254 g/mol.